The summed E-state index contributed by atoms with van der Waals surface area (Å²) in [7, 11) is 1.69. The Balaban J connectivity index is 1.83. The number of benzene rings is 1. The number of nitrogens with one attached hydrogen (secondary N) is 3. The van der Waals surface area contributed by atoms with Gasteiger partial charge in [-0.2, -0.15) is 0 Å². The van der Waals surface area contributed by atoms with Crippen molar-refractivity contribution in [2.24, 2.45) is 0 Å². The van der Waals surface area contributed by atoms with Crippen LogP contribution in [-0.4, -0.2) is 38.4 Å². The summed E-state index contributed by atoms with van der Waals surface area (Å²) in [6.45, 7) is 4.17. The number of hydrogen-bond donors (Lipinski definition) is 3. The van der Waals surface area contributed by atoms with E-state index in [9.17, 15) is 4.79 Å². The largest absolute Gasteiger partial charge is 0.383 e. The second kappa shape index (κ2) is 6.72. The van der Waals surface area contributed by atoms with Crippen molar-refractivity contribution in [3.63, 3.8) is 0 Å². The first kappa shape index (κ1) is 14.8. The van der Waals surface area contributed by atoms with E-state index in [0.717, 1.165) is 25.1 Å². The van der Waals surface area contributed by atoms with Crippen LogP contribution < -0.4 is 16.0 Å². The van der Waals surface area contributed by atoms with Crippen molar-refractivity contribution in [1.29, 1.82) is 0 Å². The molecule has 0 spiro atoms. The van der Waals surface area contributed by atoms with Crippen LogP contribution in [0, 0.1) is 6.92 Å². The van der Waals surface area contributed by atoms with Gasteiger partial charge < -0.3 is 20.7 Å². The highest BCUT2D eigenvalue weighted by molar-refractivity contribution is 5.89. The Morgan fingerprint density at radius 3 is 2.75 bits per heavy atom. The minimum absolute atomic E-state index is 0.126. The predicted octanol–water partition coefficient (Wildman–Crippen LogP) is 1.89. The molecule has 2 rings (SSSR count). The maximum atomic E-state index is 11.9. The van der Waals surface area contributed by atoms with Crippen LogP contribution in [0.1, 0.15) is 18.4 Å². The second-order valence-corrected chi connectivity index (χ2v) is 5.42. The van der Waals surface area contributed by atoms with Gasteiger partial charge in [0, 0.05) is 19.3 Å². The van der Waals surface area contributed by atoms with Crippen molar-refractivity contribution in [3.05, 3.63) is 29.8 Å². The summed E-state index contributed by atoms with van der Waals surface area (Å²) in [5.41, 5.74) is 1.85. The minimum atomic E-state index is -0.182. The SMILES string of the molecule is COCC1(CNC(=O)Nc2ccc(C)cc2)CCCN1. The molecule has 2 amide bonds. The lowest BCUT2D eigenvalue weighted by Gasteiger charge is -2.28. The van der Waals surface area contributed by atoms with E-state index in [1.54, 1.807) is 7.11 Å². The summed E-state index contributed by atoms with van der Waals surface area (Å²) in [6.07, 6.45) is 2.14. The quantitative estimate of drug-likeness (QED) is 0.770. The van der Waals surface area contributed by atoms with Crippen molar-refractivity contribution in [3.8, 4) is 0 Å². The molecule has 5 nitrogen and oxygen atoms in total. The first-order chi connectivity index (χ1) is 9.63. The van der Waals surface area contributed by atoms with E-state index in [1.807, 2.05) is 31.2 Å². The third-order valence-corrected chi connectivity index (χ3v) is 3.65. The number of amides is 2. The van der Waals surface area contributed by atoms with Crippen LogP contribution in [0.4, 0.5) is 10.5 Å². The van der Waals surface area contributed by atoms with Gasteiger partial charge in [-0.05, 0) is 38.4 Å². The van der Waals surface area contributed by atoms with Crippen molar-refractivity contribution in [2.75, 3.05) is 32.1 Å². The zero-order valence-electron chi connectivity index (χ0n) is 12.2. The Hall–Kier alpha value is -1.59. The summed E-state index contributed by atoms with van der Waals surface area (Å²) in [6, 6.07) is 7.56. The van der Waals surface area contributed by atoms with Gasteiger partial charge in [0.25, 0.3) is 0 Å². The van der Waals surface area contributed by atoms with Gasteiger partial charge in [0.2, 0.25) is 0 Å². The van der Waals surface area contributed by atoms with Crippen LogP contribution >= 0.6 is 0 Å². The number of rotatable bonds is 5. The first-order valence-corrected chi connectivity index (χ1v) is 6.99. The van der Waals surface area contributed by atoms with Crippen LogP contribution in [0.5, 0.6) is 0 Å². The Bertz CT molecular complexity index is 439. The van der Waals surface area contributed by atoms with Gasteiger partial charge in [-0.3, -0.25) is 0 Å². The van der Waals surface area contributed by atoms with E-state index in [1.165, 1.54) is 5.56 Å². The lowest BCUT2D eigenvalue weighted by atomic mass is 9.99. The highest BCUT2D eigenvalue weighted by Gasteiger charge is 2.33. The smallest absolute Gasteiger partial charge is 0.319 e. The Labute approximate surface area is 120 Å². The summed E-state index contributed by atoms with van der Waals surface area (Å²) in [4.78, 5) is 11.9. The van der Waals surface area contributed by atoms with Gasteiger partial charge in [0.05, 0.1) is 12.1 Å². The van der Waals surface area contributed by atoms with Crippen molar-refractivity contribution >= 4 is 11.7 Å². The molecule has 110 valence electrons. The third kappa shape index (κ3) is 3.95. The zero-order chi connectivity index (χ0) is 14.4. The van der Waals surface area contributed by atoms with Gasteiger partial charge in [-0.15, -0.1) is 0 Å². The number of anilines is 1. The first-order valence-electron chi connectivity index (χ1n) is 6.99. The maximum absolute atomic E-state index is 11.9. The van der Waals surface area contributed by atoms with E-state index >= 15 is 0 Å². The molecule has 0 radical (unpaired) electrons. The number of methoxy groups -OCH3 is 1. The van der Waals surface area contributed by atoms with Crippen molar-refractivity contribution < 1.29 is 9.53 Å². The zero-order valence-corrected chi connectivity index (χ0v) is 12.2. The normalized spacial score (nSPS) is 21.7. The number of aryl methyl sites for hydroxylation is 1. The number of hydrogen-bond acceptors (Lipinski definition) is 3. The molecule has 1 aliphatic heterocycles. The Morgan fingerprint density at radius 2 is 2.15 bits per heavy atom. The molecule has 3 N–H and O–H groups in total. The maximum Gasteiger partial charge on any atom is 0.319 e. The summed E-state index contributed by atoms with van der Waals surface area (Å²) in [5, 5.41) is 9.18. The number of carbonyl (C=O) groups is 1. The number of carbonyl (C=O) groups excluding carboxylic acids is 1. The summed E-state index contributed by atoms with van der Waals surface area (Å²) < 4.78 is 5.26. The molecule has 1 aromatic carbocycles. The molecule has 0 saturated carbocycles. The molecule has 5 heteroatoms. The van der Waals surface area contributed by atoms with E-state index in [2.05, 4.69) is 16.0 Å². The molecule has 0 aliphatic carbocycles. The van der Waals surface area contributed by atoms with E-state index in [4.69, 9.17) is 4.74 Å². The van der Waals surface area contributed by atoms with Gasteiger partial charge in [-0.25, -0.2) is 4.79 Å². The average molecular weight is 277 g/mol. The van der Waals surface area contributed by atoms with Crippen LogP contribution in [0.25, 0.3) is 0 Å². The molecular weight excluding hydrogens is 254 g/mol. The molecule has 1 aromatic rings. The van der Waals surface area contributed by atoms with Crippen LogP contribution in [0.3, 0.4) is 0 Å². The summed E-state index contributed by atoms with van der Waals surface area (Å²) >= 11 is 0. The van der Waals surface area contributed by atoms with Crippen LogP contribution in [0.15, 0.2) is 24.3 Å². The summed E-state index contributed by atoms with van der Waals surface area (Å²) in [5.74, 6) is 0. The van der Waals surface area contributed by atoms with Crippen LogP contribution in [-0.2, 0) is 4.74 Å². The minimum Gasteiger partial charge on any atom is -0.383 e. The van der Waals surface area contributed by atoms with Crippen molar-refractivity contribution in [1.82, 2.24) is 10.6 Å². The third-order valence-electron chi connectivity index (χ3n) is 3.65. The van der Waals surface area contributed by atoms with Crippen LogP contribution in [0.2, 0.25) is 0 Å². The molecule has 0 aromatic heterocycles. The standard InChI is InChI=1S/C15H23N3O2/c1-12-4-6-13(7-5-12)18-14(19)16-10-15(11-20-2)8-3-9-17-15/h4-7,17H,3,8-11H2,1-2H3,(H2,16,18,19). The Morgan fingerprint density at radius 1 is 1.40 bits per heavy atom. The predicted molar refractivity (Wildman–Crippen MR) is 80.0 cm³/mol. The molecule has 1 saturated heterocycles. The van der Waals surface area contributed by atoms with Gasteiger partial charge in [-0.1, -0.05) is 17.7 Å². The van der Waals surface area contributed by atoms with E-state index < -0.39 is 0 Å². The highest BCUT2D eigenvalue weighted by atomic mass is 16.5. The lowest BCUT2D eigenvalue weighted by molar-refractivity contribution is 0.120. The molecule has 0 bridgehead atoms. The fraction of sp³-hybridized carbons (Fsp3) is 0.533. The molecule has 20 heavy (non-hydrogen) atoms. The molecule has 1 heterocycles. The van der Waals surface area contributed by atoms with E-state index in [0.29, 0.717) is 13.2 Å². The fourth-order valence-electron chi connectivity index (χ4n) is 2.53. The molecular formula is C15H23N3O2. The highest BCUT2D eigenvalue weighted by Crippen LogP contribution is 2.18. The van der Waals surface area contributed by atoms with E-state index in [-0.39, 0.29) is 11.6 Å². The number of urea groups is 1. The molecule has 1 aliphatic rings. The second-order valence-electron chi connectivity index (χ2n) is 5.42. The monoisotopic (exact) mass is 277 g/mol. The lowest BCUT2D eigenvalue weighted by Crippen LogP contribution is -2.53. The van der Waals surface area contributed by atoms with Gasteiger partial charge >= 0.3 is 6.03 Å². The average Bonchev–Trinajstić information content (AvgIpc) is 2.89. The Kier molecular flexibility index (Phi) is 4.98. The number of ether oxygens (including phenoxy) is 1. The molecule has 1 atom stereocenters. The van der Waals surface area contributed by atoms with Gasteiger partial charge in [0.1, 0.15) is 0 Å². The topological polar surface area (TPSA) is 62.4 Å². The molecule has 1 fully saturated rings. The van der Waals surface area contributed by atoms with Gasteiger partial charge in [0.15, 0.2) is 0 Å². The molecule has 1 unspecified atom stereocenters. The fourth-order valence-corrected chi connectivity index (χ4v) is 2.53. The van der Waals surface area contributed by atoms with Crippen molar-refractivity contribution in [2.45, 2.75) is 25.3 Å².